The number of piperazine rings is 1. The summed E-state index contributed by atoms with van der Waals surface area (Å²) in [4.78, 5) is 30.0. The average Bonchev–Trinajstić information content (AvgIpc) is 2.86. The Bertz CT molecular complexity index is 1110. The lowest BCUT2D eigenvalue weighted by Crippen LogP contribution is -2.48. The van der Waals surface area contributed by atoms with Gasteiger partial charge in [-0.2, -0.15) is 4.31 Å². The maximum atomic E-state index is 13.4. The summed E-state index contributed by atoms with van der Waals surface area (Å²) in [5.41, 5.74) is 1.12. The number of hydrogen-bond acceptors (Lipinski definition) is 5. The smallest absolute Gasteiger partial charge is 0.251 e. The van der Waals surface area contributed by atoms with Gasteiger partial charge in [-0.05, 0) is 43.1 Å². The molecule has 2 aromatic carbocycles. The van der Waals surface area contributed by atoms with Gasteiger partial charge < -0.3 is 15.1 Å². The largest absolute Gasteiger partial charge is 0.327 e. The minimum atomic E-state index is -3.66. The number of anilines is 1. The van der Waals surface area contributed by atoms with Gasteiger partial charge in [0.2, 0.25) is 15.9 Å². The molecular weight excluding hydrogens is 452 g/mol. The summed E-state index contributed by atoms with van der Waals surface area (Å²) in [6.45, 7) is 5.78. The van der Waals surface area contributed by atoms with Crippen molar-refractivity contribution in [1.82, 2.24) is 14.1 Å². The van der Waals surface area contributed by atoms with Gasteiger partial charge in [0, 0.05) is 44.8 Å². The molecule has 4 rings (SSSR count). The fraction of sp³-hybridized carbons (Fsp3) is 0.440. The van der Waals surface area contributed by atoms with Crippen LogP contribution in [-0.2, 0) is 19.6 Å². The van der Waals surface area contributed by atoms with Gasteiger partial charge >= 0.3 is 0 Å². The standard InChI is InChI=1S/C25H32N4O4S/c1-2-27-15-17-28(18-16-27)34(32,33)22-12-8-11-21(19-22)26-25(31)24(20-9-4-3-5-10-20)29-14-7-6-13-23(29)30/h3-5,8-12,19,24H,2,6-7,13-18H2,1H3,(H,26,31). The number of piperidine rings is 1. The molecule has 0 bridgehead atoms. The van der Waals surface area contributed by atoms with Crippen LogP contribution in [0.1, 0.15) is 37.8 Å². The van der Waals surface area contributed by atoms with Gasteiger partial charge in [-0.1, -0.05) is 43.3 Å². The molecule has 0 spiro atoms. The minimum absolute atomic E-state index is 0.0437. The Morgan fingerprint density at radius 2 is 1.71 bits per heavy atom. The molecule has 2 heterocycles. The van der Waals surface area contributed by atoms with E-state index in [4.69, 9.17) is 0 Å². The molecule has 34 heavy (non-hydrogen) atoms. The van der Waals surface area contributed by atoms with Crippen LogP contribution in [-0.4, -0.2) is 73.6 Å². The normalized spacial score (nSPS) is 19.1. The van der Waals surface area contributed by atoms with Crippen LogP contribution < -0.4 is 5.32 Å². The second-order valence-electron chi connectivity index (χ2n) is 8.71. The SMILES string of the molecule is CCN1CCN(S(=O)(=O)c2cccc(NC(=O)C(c3ccccc3)N3CCCCC3=O)c2)CC1. The summed E-state index contributed by atoms with van der Waals surface area (Å²) in [6, 6.07) is 14.8. The van der Waals surface area contributed by atoms with Crippen LogP contribution in [0.15, 0.2) is 59.5 Å². The van der Waals surface area contributed by atoms with Crippen molar-refractivity contribution in [3.05, 3.63) is 60.2 Å². The number of nitrogens with zero attached hydrogens (tertiary/aromatic N) is 3. The highest BCUT2D eigenvalue weighted by molar-refractivity contribution is 7.89. The Morgan fingerprint density at radius 3 is 2.38 bits per heavy atom. The van der Waals surface area contributed by atoms with E-state index in [1.807, 2.05) is 30.3 Å². The fourth-order valence-electron chi connectivity index (χ4n) is 4.59. The van der Waals surface area contributed by atoms with Crippen LogP contribution in [0.4, 0.5) is 5.69 Å². The van der Waals surface area contributed by atoms with Crippen molar-refractivity contribution in [2.45, 2.75) is 37.1 Å². The van der Waals surface area contributed by atoms with Crippen molar-refractivity contribution in [1.29, 1.82) is 0 Å². The molecule has 1 N–H and O–H groups in total. The van der Waals surface area contributed by atoms with Gasteiger partial charge in [-0.15, -0.1) is 0 Å². The number of nitrogens with one attached hydrogen (secondary N) is 1. The predicted molar refractivity (Wildman–Crippen MR) is 131 cm³/mol. The van der Waals surface area contributed by atoms with E-state index in [0.717, 1.165) is 24.9 Å². The van der Waals surface area contributed by atoms with Crippen molar-refractivity contribution in [2.75, 3.05) is 44.6 Å². The molecule has 0 aliphatic carbocycles. The van der Waals surface area contributed by atoms with E-state index in [-0.39, 0.29) is 16.7 Å². The maximum absolute atomic E-state index is 13.4. The van der Waals surface area contributed by atoms with Crippen molar-refractivity contribution in [3.8, 4) is 0 Å². The molecule has 2 fully saturated rings. The molecule has 2 amide bonds. The number of hydrogen-bond donors (Lipinski definition) is 1. The van der Waals surface area contributed by atoms with Crippen molar-refractivity contribution < 1.29 is 18.0 Å². The Hall–Kier alpha value is -2.75. The van der Waals surface area contributed by atoms with Gasteiger partial charge in [-0.3, -0.25) is 9.59 Å². The lowest BCUT2D eigenvalue weighted by Gasteiger charge is -2.34. The topological polar surface area (TPSA) is 90.0 Å². The number of likely N-dealkylation sites (tertiary alicyclic amines) is 1. The van der Waals surface area contributed by atoms with E-state index >= 15 is 0 Å². The van der Waals surface area contributed by atoms with Crippen LogP contribution in [0.2, 0.25) is 0 Å². The minimum Gasteiger partial charge on any atom is -0.327 e. The molecule has 2 saturated heterocycles. The zero-order chi connectivity index (χ0) is 24.1. The van der Waals surface area contributed by atoms with E-state index in [1.54, 1.807) is 23.1 Å². The number of sulfonamides is 1. The molecule has 8 nitrogen and oxygen atoms in total. The van der Waals surface area contributed by atoms with E-state index in [0.29, 0.717) is 44.8 Å². The highest BCUT2D eigenvalue weighted by Gasteiger charge is 2.33. The molecule has 2 aliphatic heterocycles. The summed E-state index contributed by atoms with van der Waals surface area (Å²) >= 11 is 0. The Balaban J connectivity index is 1.55. The molecule has 2 aromatic rings. The first-order valence-corrected chi connectivity index (χ1v) is 13.3. The summed E-state index contributed by atoms with van der Waals surface area (Å²) in [5, 5.41) is 2.87. The first kappa shape index (κ1) is 24.4. The summed E-state index contributed by atoms with van der Waals surface area (Å²) in [5.74, 6) is -0.398. The molecule has 9 heteroatoms. The third-order valence-corrected chi connectivity index (χ3v) is 8.45. The number of carbonyl (C=O) groups is 2. The van der Waals surface area contributed by atoms with E-state index in [2.05, 4.69) is 17.1 Å². The van der Waals surface area contributed by atoms with Gasteiger partial charge in [0.1, 0.15) is 6.04 Å². The van der Waals surface area contributed by atoms with Crippen LogP contribution in [0, 0.1) is 0 Å². The van der Waals surface area contributed by atoms with Crippen molar-refractivity contribution in [3.63, 3.8) is 0 Å². The van der Waals surface area contributed by atoms with Crippen molar-refractivity contribution >= 4 is 27.5 Å². The molecule has 0 saturated carbocycles. The first-order chi connectivity index (χ1) is 16.4. The van der Waals surface area contributed by atoms with Gasteiger partial charge in [-0.25, -0.2) is 8.42 Å². The van der Waals surface area contributed by atoms with Gasteiger partial charge in [0.15, 0.2) is 0 Å². The summed E-state index contributed by atoms with van der Waals surface area (Å²) < 4.78 is 27.9. The fourth-order valence-corrected chi connectivity index (χ4v) is 6.06. The lowest BCUT2D eigenvalue weighted by molar-refractivity contribution is -0.141. The third kappa shape index (κ3) is 5.32. The molecule has 1 unspecified atom stereocenters. The van der Waals surface area contributed by atoms with Crippen LogP contribution >= 0.6 is 0 Å². The second-order valence-corrected chi connectivity index (χ2v) is 10.7. The van der Waals surface area contributed by atoms with E-state index < -0.39 is 16.1 Å². The Labute approximate surface area is 201 Å². The van der Waals surface area contributed by atoms with Crippen molar-refractivity contribution in [2.24, 2.45) is 0 Å². The molecule has 2 aliphatic rings. The van der Waals surface area contributed by atoms with Crippen LogP contribution in [0.25, 0.3) is 0 Å². The van der Waals surface area contributed by atoms with Crippen LogP contribution in [0.5, 0.6) is 0 Å². The zero-order valence-corrected chi connectivity index (χ0v) is 20.3. The number of benzene rings is 2. The van der Waals surface area contributed by atoms with Gasteiger partial charge in [0.25, 0.3) is 5.91 Å². The number of rotatable bonds is 7. The average molecular weight is 485 g/mol. The predicted octanol–water partition coefficient (Wildman–Crippen LogP) is 2.71. The van der Waals surface area contributed by atoms with Crippen LogP contribution in [0.3, 0.4) is 0 Å². The lowest BCUT2D eigenvalue weighted by atomic mass is 10.0. The molecule has 1 atom stereocenters. The number of carbonyl (C=O) groups excluding carboxylic acids is 2. The second kappa shape index (κ2) is 10.7. The number of amides is 2. The highest BCUT2D eigenvalue weighted by atomic mass is 32.2. The quantitative estimate of drug-likeness (QED) is 0.653. The van der Waals surface area contributed by atoms with Gasteiger partial charge in [0.05, 0.1) is 4.90 Å². The highest BCUT2D eigenvalue weighted by Crippen LogP contribution is 2.28. The number of likely N-dealkylation sites (N-methyl/N-ethyl adjacent to an activating group) is 1. The third-order valence-electron chi connectivity index (χ3n) is 6.55. The maximum Gasteiger partial charge on any atom is 0.251 e. The molecular formula is C25H32N4O4S. The van der Waals surface area contributed by atoms with E-state index in [1.165, 1.54) is 10.4 Å². The molecule has 0 aromatic heterocycles. The monoisotopic (exact) mass is 484 g/mol. The summed E-state index contributed by atoms with van der Waals surface area (Å²) in [6.07, 6.45) is 2.10. The molecule has 0 radical (unpaired) electrons. The Kier molecular flexibility index (Phi) is 7.65. The summed E-state index contributed by atoms with van der Waals surface area (Å²) in [7, 11) is -3.66. The van der Waals surface area contributed by atoms with E-state index in [9.17, 15) is 18.0 Å². The molecule has 182 valence electrons. The first-order valence-electron chi connectivity index (χ1n) is 11.9. The zero-order valence-electron chi connectivity index (χ0n) is 19.5. The Morgan fingerprint density at radius 1 is 0.971 bits per heavy atom.